The summed E-state index contributed by atoms with van der Waals surface area (Å²) in [6, 6.07) is 5.99. The molecule has 0 saturated heterocycles. The Balaban J connectivity index is 1.96. The van der Waals surface area contributed by atoms with Gasteiger partial charge in [-0.15, -0.1) is 0 Å². The quantitative estimate of drug-likeness (QED) is 0.436. The monoisotopic (exact) mass is 291 g/mol. The molecule has 0 fully saturated rings. The van der Waals surface area contributed by atoms with Gasteiger partial charge in [-0.05, 0) is 23.7 Å². The molecule has 3 rings (SSSR count). The minimum atomic E-state index is -0.455. The molecular formula is C11H8ClN6O2+. The Morgan fingerprint density at radius 3 is 2.75 bits per heavy atom. The second kappa shape index (κ2) is 4.74. The maximum atomic E-state index is 10.6. The van der Waals surface area contributed by atoms with Crippen LogP contribution in [0.15, 0.2) is 30.6 Å². The summed E-state index contributed by atoms with van der Waals surface area (Å²) in [6.45, 7) is 0. The Hall–Kier alpha value is -2.74. The third kappa shape index (κ3) is 2.24. The number of nitro benzene ring substituents is 1. The predicted octanol–water partition coefficient (Wildman–Crippen LogP) is 2.08. The van der Waals surface area contributed by atoms with E-state index in [9.17, 15) is 10.1 Å². The van der Waals surface area contributed by atoms with Gasteiger partial charge in [0.25, 0.3) is 5.69 Å². The molecule has 2 aromatic heterocycles. The van der Waals surface area contributed by atoms with Gasteiger partial charge < -0.3 is 5.32 Å². The van der Waals surface area contributed by atoms with Crippen molar-refractivity contribution in [3.05, 3.63) is 46.0 Å². The molecule has 0 aliphatic heterocycles. The molecule has 0 spiro atoms. The molecule has 0 amide bonds. The zero-order valence-corrected chi connectivity index (χ0v) is 10.7. The lowest BCUT2D eigenvalue weighted by Crippen LogP contribution is -2.01. The van der Waals surface area contributed by atoms with E-state index in [-0.39, 0.29) is 11.0 Å². The number of hydrogen-bond acceptors (Lipinski definition) is 5. The van der Waals surface area contributed by atoms with Gasteiger partial charge in [-0.25, -0.2) is 4.98 Å². The van der Waals surface area contributed by atoms with Crippen LogP contribution in [0.4, 0.5) is 17.2 Å². The van der Waals surface area contributed by atoms with Crippen molar-refractivity contribution in [2.24, 2.45) is 0 Å². The van der Waals surface area contributed by atoms with Crippen molar-refractivity contribution < 1.29 is 9.91 Å². The molecule has 9 heteroatoms. The van der Waals surface area contributed by atoms with E-state index in [4.69, 9.17) is 11.6 Å². The number of halogens is 1. The van der Waals surface area contributed by atoms with Gasteiger partial charge in [0.15, 0.2) is 12.1 Å². The van der Waals surface area contributed by atoms with Crippen LogP contribution in [0.5, 0.6) is 0 Å². The summed E-state index contributed by atoms with van der Waals surface area (Å²) in [7, 11) is 0. The fourth-order valence-electron chi connectivity index (χ4n) is 1.74. The van der Waals surface area contributed by atoms with Crippen LogP contribution in [0.2, 0.25) is 5.28 Å². The third-order valence-electron chi connectivity index (χ3n) is 2.65. The van der Waals surface area contributed by atoms with E-state index in [0.29, 0.717) is 22.7 Å². The van der Waals surface area contributed by atoms with Gasteiger partial charge in [-0.1, -0.05) is 4.98 Å². The zero-order chi connectivity index (χ0) is 14.1. The maximum Gasteiger partial charge on any atom is 0.306 e. The molecule has 100 valence electrons. The van der Waals surface area contributed by atoms with Gasteiger partial charge in [0, 0.05) is 17.8 Å². The van der Waals surface area contributed by atoms with Gasteiger partial charge in [0.1, 0.15) is 0 Å². The number of hydrogen-bond donors (Lipinski definition) is 2. The fraction of sp³-hybridized carbons (Fsp3) is 0. The average Bonchev–Trinajstić information content (AvgIpc) is 2.87. The molecule has 0 aliphatic rings. The molecule has 1 aromatic carbocycles. The van der Waals surface area contributed by atoms with E-state index in [0.717, 1.165) is 0 Å². The molecule has 2 heterocycles. The molecule has 0 radical (unpaired) electrons. The predicted molar refractivity (Wildman–Crippen MR) is 71.8 cm³/mol. The van der Waals surface area contributed by atoms with Crippen molar-refractivity contribution in [3.8, 4) is 0 Å². The summed E-state index contributed by atoms with van der Waals surface area (Å²) < 4.78 is 0. The molecule has 0 atom stereocenters. The van der Waals surface area contributed by atoms with Crippen LogP contribution in [-0.4, -0.2) is 19.9 Å². The first kappa shape index (κ1) is 12.3. The van der Waals surface area contributed by atoms with E-state index in [1.54, 1.807) is 18.5 Å². The molecule has 3 aromatic rings. The van der Waals surface area contributed by atoms with E-state index in [1.165, 1.54) is 12.1 Å². The van der Waals surface area contributed by atoms with E-state index >= 15 is 0 Å². The lowest BCUT2D eigenvalue weighted by Gasteiger charge is -2.04. The van der Waals surface area contributed by atoms with Crippen molar-refractivity contribution >= 4 is 40.0 Å². The van der Waals surface area contributed by atoms with Crippen LogP contribution in [0.1, 0.15) is 0 Å². The highest BCUT2D eigenvalue weighted by Crippen LogP contribution is 2.23. The first-order chi connectivity index (χ1) is 9.63. The van der Waals surface area contributed by atoms with Crippen molar-refractivity contribution in [1.29, 1.82) is 0 Å². The number of fused-ring (bicyclic) bond motifs is 1. The van der Waals surface area contributed by atoms with Gasteiger partial charge in [0.2, 0.25) is 5.52 Å². The largest absolute Gasteiger partial charge is 0.337 e. The van der Waals surface area contributed by atoms with Gasteiger partial charge >= 0.3 is 10.9 Å². The molecular weight excluding hydrogens is 284 g/mol. The number of nitro groups is 1. The molecule has 0 aliphatic carbocycles. The number of H-pyrrole nitrogens is 2. The van der Waals surface area contributed by atoms with Crippen LogP contribution in [0.3, 0.4) is 0 Å². The SMILES string of the molecule is O=[N+]([O-])c1ccc(Nc2nc(Cl)nc3[nH+]c[nH]c23)cc1. The number of anilines is 2. The van der Waals surface area contributed by atoms with Crippen LogP contribution in [0, 0.1) is 10.1 Å². The van der Waals surface area contributed by atoms with Crippen LogP contribution < -0.4 is 10.3 Å². The number of rotatable bonds is 3. The summed E-state index contributed by atoms with van der Waals surface area (Å²) in [4.78, 5) is 24.1. The number of aromatic nitrogens is 4. The van der Waals surface area contributed by atoms with E-state index in [1.807, 2.05) is 0 Å². The molecule has 8 nitrogen and oxygen atoms in total. The molecule has 20 heavy (non-hydrogen) atoms. The lowest BCUT2D eigenvalue weighted by molar-refractivity contribution is -0.384. The standard InChI is InChI=1S/C11H7ClN6O2/c12-11-16-9-8(13-5-14-9)10(17-11)15-6-1-3-7(4-2-6)18(19)20/h1-5H,(H2,13,14,15,16,17)/p+1. The zero-order valence-electron chi connectivity index (χ0n) is 9.92. The minimum Gasteiger partial charge on any atom is -0.337 e. The summed E-state index contributed by atoms with van der Waals surface area (Å²) in [6.07, 6.45) is 1.61. The highest BCUT2D eigenvalue weighted by Gasteiger charge is 2.15. The molecule has 0 unspecified atom stereocenters. The molecule has 0 bridgehead atoms. The molecule has 3 N–H and O–H groups in total. The number of nitrogens with zero attached hydrogens (tertiary/aromatic N) is 3. The van der Waals surface area contributed by atoms with Crippen molar-refractivity contribution in [2.45, 2.75) is 0 Å². The van der Waals surface area contributed by atoms with Crippen molar-refractivity contribution in [3.63, 3.8) is 0 Å². The van der Waals surface area contributed by atoms with Gasteiger partial charge in [-0.2, -0.15) is 4.98 Å². The van der Waals surface area contributed by atoms with Crippen molar-refractivity contribution in [2.75, 3.05) is 5.32 Å². The number of non-ortho nitro benzene ring substituents is 1. The Kier molecular flexibility index (Phi) is 2.92. The summed E-state index contributed by atoms with van der Waals surface area (Å²) in [5.41, 5.74) is 1.90. The summed E-state index contributed by atoms with van der Waals surface area (Å²) in [5, 5.41) is 13.7. The number of nitrogens with one attached hydrogen (secondary N) is 3. The summed E-state index contributed by atoms with van der Waals surface area (Å²) >= 11 is 5.83. The number of imidazole rings is 1. The average molecular weight is 292 g/mol. The highest BCUT2D eigenvalue weighted by atomic mass is 35.5. The van der Waals surface area contributed by atoms with Gasteiger partial charge in [-0.3, -0.25) is 15.1 Å². The third-order valence-corrected chi connectivity index (χ3v) is 2.82. The second-order valence-corrected chi connectivity index (χ2v) is 4.26. The minimum absolute atomic E-state index is 0.0228. The topological polar surface area (TPSA) is 111 Å². The Morgan fingerprint density at radius 1 is 1.30 bits per heavy atom. The van der Waals surface area contributed by atoms with Gasteiger partial charge in [0.05, 0.1) is 4.92 Å². The fourth-order valence-corrected chi connectivity index (χ4v) is 1.91. The van der Waals surface area contributed by atoms with E-state index in [2.05, 4.69) is 25.3 Å². The van der Waals surface area contributed by atoms with Crippen molar-refractivity contribution in [1.82, 2.24) is 15.0 Å². The Morgan fingerprint density at radius 2 is 2.05 bits per heavy atom. The van der Waals surface area contributed by atoms with Crippen LogP contribution in [-0.2, 0) is 0 Å². The Labute approximate surface area is 117 Å². The molecule has 0 saturated carbocycles. The normalized spacial score (nSPS) is 10.7. The van der Waals surface area contributed by atoms with E-state index < -0.39 is 4.92 Å². The first-order valence-electron chi connectivity index (χ1n) is 5.57. The Bertz CT molecular complexity index is 785. The number of benzene rings is 1. The maximum absolute atomic E-state index is 10.6. The smallest absolute Gasteiger partial charge is 0.306 e. The van der Waals surface area contributed by atoms with Crippen LogP contribution >= 0.6 is 11.6 Å². The summed E-state index contributed by atoms with van der Waals surface area (Å²) in [5.74, 6) is 0.482. The van der Waals surface area contributed by atoms with Crippen LogP contribution in [0.25, 0.3) is 11.2 Å². The lowest BCUT2D eigenvalue weighted by atomic mass is 10.3. The second-order valence-electron chi connectivity index (χ2n) is 3.93. The number of aromatic amines is 2. The highest BCUT2D eigenvalue weighted by molar-refractivity contribution is 6.28. The first-order valence-corrected chi connectivity index (χ1v) is 5.95.